The Morgan fingerprint density at radius 1 is 1.39 bits per heavy atom. The minimum absolute atomic E-state index is 0.0119. The average Bonchev–Trinajstić information content (AvgIpc) is 2.61. The Morgan fingerprint density at radius 2 is 2.00 bits per heavy atom. The van der Waals surface area contributed by atoms with Gasteiger partial charge in [0.25, 0.3) is 0 Å². The third kappa shape index (κ3) is 4.55. The Labute approximate surface area is 109 Å². The van der Waals surface area contributed by atoms with Crippen molar-refractivity contribution in [2.45, 2.75) is 33.6 Å². The number of carboxylic acid groups (broad SMARTS) is 1. The molecule has 1 heterocycles. The highest BCUT2D eigenvalue weighted by molar-refractivity contribution is 5.74. The van der Waals surface area contributed by atoms with Crippen LogP contribution in [-0.2, 0) is 4.79 Å². The van der Waals surface area contributed by atoms with E-state index in [-0.39, 0.29) is 23.8 Å². The summed E-state index contributed by atoms with van der Waals surface area (Å²) in [6, 6.07) is 0.0119. The monoisotopic (exact) mass is 256 g/mol. The maximum Gasteiger partial charge on any atom is 0.319 e. The molecular formula is C13H24N2O3. The summed E-state index contributed by atoms with van der Waals surface area (Å²) in [6.07, 6.45) is 0.953. The van der Waals surface area contributed by atoms with E-state index >= 15 is 0 Å². The van der Waals surface area contributed by atoms with Crippen molar-refractivity contribution < 1.29 is 14.7 Å². The van der Waals surface area contributed by atoms with E-state index in [2.05, 4.69) is 20.8 Å². The van der Waals surface area contributed by atoms with E-state index in [1.165, 1.54) is 0 Å². The van der Waals surface area contributed by atoms with Crippen LogP contribution in [0, 0.1) is 11.3 Å². The first-order valence-corrected chi connectivity index (χ1v) is 6.41. The second-order valence-corrected chi connectivity index (χ2v) is 6.40. The molecule has 0 aromatic heterocycles. The minimum atomic E-state index is -0.780. The summed E-state index contributed by atoms with van der Waals surface area (Å²) in [4.78, 5) is 26.3. The molecule has 1 N–H and O–H groups in total. The lowest BCUT2D eigenvalue weighted by molar-refractivity contribution is -0.138. The first-order chi connectivity index (χ1) is 8.19. The lowest BCUT2D eigenvalue weighted by atomic mass is 9.96. The predicted molar refractivity (Wildman–Crippen MR) is 69.4 cm³/mol. The second-order valence-electron chi connectivity index (χ2n) is 6.40. The van der Waals surface area contributed by atoms with Gasteiger partial charge in [-0.05, 0) is 17.8 Å². The fourth-order valence-corrected chi connectivity index (χ4v) is 2.44. The molecule has 0 saturated carbocycles. The van der Waals surface area contributed by atoms with Gasteiger partial charge in [0.1, 0.15) is 0 Å². The third-order valence-corrected chi connectivity index (χ3v) is 3.06. The lowest BCUT2D eigenvalue weighted by Crippen LogP contribution is -2.43. The molecule has 0 bridgehead atoms. The smallest absolute Gasteiger partial charge is 0.319 e. The van der Waals surface area contributed by atoms with Crippen molar-refractivity contribution >= 4 is 12.0 Å². The molecule has 18 heavy (non-hydrogen) atoms. The third-order valence-electron chi connectivity index (χ3n) is 3.06. The number of nitrogens with zero attached hydrogens (tertiary/aromatic N) is 2. The maximum absolute atomic E-state index is 12.2. The molecule has 5 heteroatoms. The second kappa shape index (κ2) is 5.59. The normalized spacial score (nSPS) is 20.0. The number of hydrogen-bond donors (Lipinski definition) is 1. The Bertz CT molecular complexity index is 323. The number of rotatable bonds is 3. The summed E-state index contributed by atoms with van der Waals surface area (Å²) in [6.45, 7) is 8.22. The molecule has 1 rings (SSSR count). The highest BCUT2D eigenvalue weighted by atomic mass is 16.4. The van der Waals surface area contributed by atoms with Gasteiger partial charge in [-0.25, -0.2) is 4.79 Å². The van der Waals surface area contributed by atoms with Crippen molar-refractivity contribution in [3.05, 3.63) is 0 Å². The molecule has 0 aromatic carbocycles. The molecule has 0 aromatic rings. The van der Waals surface area contributed by atoms with Gasteiger partial charge in [-0.2, -0.15) is 0 Å². The number of amides is 2. The van der Waals surface area contributed by atoms with E-state index in [9.17, 15) is 9.59 Å². The van der Waals surface area contributed by atoms with Gasteiger partial charge in [0.2, 0.25) is 0 Å². The topological polar surface area (TPSA) is 60.9 Å². The van der Waals surface area contributed by atoms with Crippen LogP contribution in [0.2, 0.25) is 0 Å². The van der Waals surface area contributed by atoms with Gasteiger partial charge in [-0.15, -0.1) is 0 Å². The van der Waals surface area contributed by atoms with Crippen molar-refractivity contribution in [3.63, 3.8) is 0 Å². The van der Waals surface area contributed by atoms with Crippen LogP contribution in [0.4, 0.5) is 4.79 Å². The Morgan fingerprint density at radius 3 is 2.50 bits per heavy atom. The predicted octanol–water partition coefficient (Wildman–Crippen LogP) is 1.88. The van der Waals surface area contributed by atoms with Crippen molar-refractivity contribution in [1.29, 1.82) is 0 Å². The number of carbonyl (C=O) groups excluding carboxylic acids is 1. The van der Waals surface area contributed by atoms with Crippen LogP contribution < -0.4 is 0 Å². The average molecular weight is 256 g/mol. The van der Waals surface area contributed by atoms with Crippen molar-refractivity contribution in [2.75, 3.05) is 26.7 Å². The first kappa shape index (κ1) is 14.8. The van der Waals surface area contributed by atoms with E-state index in [0.717, 1.165) is 6.42 Å². The molecule has 104 valence electrons. The lowest BCUT2D eigenvalue weighted by Gasteiger charge is -2.30. The van der Waals surface area contributed by atoms with Gasteiger partial charge in [-0.3, -0.25) is 4.79 Å². The Balaban J connectivity index is 2.46. The van der Waals surface area contributed by atoms with Crippen molar-refractivity contribution in [1.82, 2.24) is 9.80 Å². The Kier molecular flexibility index (Phi) is 4.59. The molecule has 0 radical (unpaired) electrons. The fraction of sp³-hybridized carbons (Fsp3) is 0.846. The highest BCUT2D eigenvalue weighted by Crippen LogP contribution is 2.22. The molecule has 1 unspecified atom stereocenters. The Hall–Kier alpha value is -1.26. The van der Waals surface area contributed by atoms with Gasteiger partial charge < -0.3 is 14.9 Å². The quantitative estimate of drug-likeness (QED) is 0.838. The van der Waals surface area contributed by atoms with Crippen LogP contribution in [0.3, 0.4) is 0 Å². The number of likely N-dealkylation sites (tertiary alicyclic amines) is 1. The van der Waals surface area contributed by atoms with Crippen LogP contribution in [-0.4, -0.2) is 53.6 Å². The summed E-state index contributed by atoms with van der Waals surface area (Å²) < 4.78 is 0. The number of urea groups is 1. The molecular weight excluding hydrogens is 232 g/mol. The van der Waals surface area contributed by atoms with Crippen LogP contribution in [0.15, 0.2) is 0 Å². The highest BCUT2D eigenvalue weighted by Gasteiger charge is 2.30. The summed E-state index contributed by atoms with van der Waals surface area (Å²) >= 11 is 0. The molecule has 2 amide bonds. The summed E-state index contributed by atoms with van der Waals surface area (Å²) in [5.74, 6) is -0.674. The molecule has 1 saturated heterocycles. The van der Waals surface area contributed by atoms with Gasteiger partial charge >= 0.3 is 12.0 Å². The van der Waals surface area contributed by atoms with E-state index in [4.69, 9.17) is 5.11 Å². The fourth-order valence-electron chi connectivity index (χ4n) is 2.44. The van der Waals surface area contributed by atoms with Gasteiger partial charge in [0.15, 0.2) is 0 Å². The van der Waals surface area contributed by atoms with Crippen LogP contribution >= 0.6 is 0 Å². The van der Waals surface area contributed by atoms with Gasteiger partial charge in [0, 0.05) is 33.1 Å². The zero-order chi connectivity index (χ0) is 13.9. The number of carbonyl (C=O) groups is 2. The first-order valence-electron chi connectivity index (χ1n) is 6.41. The number of carboxylic acids is 1. The zero-order valence-corrected chi connectivity index (χ0v) is 11.8. The minimum Gasteiger partial charge on any atom is -0.481 e. The molecule has 1 aliphatic rings. The SMILES string of the molecule is CN(CC(C)(C)C)C(=O)N1CCC(CC(=O)O)C1. The molecule has 0 aliphatic carbocycles. The summed E-state index contributed by atoms with van der Waals surface area (Å²) in [5.41, 5.74) is 0.0740. The molecule has 0 spiro atoms. The largest absolute Gasteiger partial charge is 0.481 e. The number of hydrogen-bond acceptors (Lipinski definition) is 2. The summed E-state index contributed by atoms with van der Waals surface area (Å²) in [5, 5.41) is 8.75. The standard InChI is InChI=1S/C13H24N2O3/c1-13(2,3)9-14(4)12(18)15-6-5-10(8-15)7-11(16)17/h10H,5-9H2,1-4H3,(H,16,17). The van der Waals surface area contributed by atoms with Crippen molar-refractivity contribution in [2.24, 2.45) is 11.3 Å². The van der Waals surface area contributed by atoms with Crippen LogP contribution in [0.25, 0.3) is 0 Å². The maximum atomic E-state index is 12.2. The molecule has 1 atom stereocenters. The van der Waals surface area contributed by atoms with E-state index in [1.807, 2.05) is 0 Å². The number of aliphatic carboxylic acids is 1. The molecule has 1 aliphatic heterocycles. The van der Waals surface area contributed by atoms with Crippen LogP contribution in [0.5, 0.6) is 0 Å². The summed E-state index contributed by atoms with van der Waals surface area (Å²) in [7, 11) is 1.80. The zero-order valence-electron chi connectivity index (χ0n) is 11.8. The van der Waals surface area contributed by atoms with Gasteiger partial charge in [-0.1, -0.05) is 20.8 Å². The van der Waals surface area contributed by atoms with E-state index in [1.54, 1.807) is 16.8 Å². The van der Waals surface area contributed by atoms with Crippen molar-refractivity contribution in [3.8, 4) is 0 Å². The molecule has 5 nitrogen and oxygen atoms in total. The van der Waals surface area contributed by atoms with E-state index < -0.39 is 5.97 Å². The van der Waals surface area contributed by atoms with Crippen LogP contribution in [0.1, 0.15) is 33.6 Å². The molecule has 1 fully saturated rings. The van der Waals surface area contributed by atoms with E-state index in [0.29, 0.717) is 19.6 Å². The van der Waals surface area contributed by atoms with Gasteiger partial charge in [0.05, 0.1) is 0 Å².